The van der Waals surface area contributed by atoms with Gasteiger partial charge in [0.1, 0.15) is 17.6 Å². The van der Waals surface area contributed by atoms with E-state index in [0.717, 1.165) is 4.47 Å². The van der Waals surface area contributed by atoms with Crippen molar-refractivity contribution in [2.45, 2.75) is 0 Å². The van der Waals surface area contributed by atoms with Crippen LogP contribution in [0.1, 0.15) is 11.1 Å². The second kappa shape index (κ2) is 8.70. The molecule has 0 spiro atoms. The van der Waals surface area contributed by atoms with Gasteiger partial charge in [-0.2, -0.15) is 10.4 Å². The molecule has 0 bridgehead atoms. The molecule has 0 radical (unpaired) electrons. The average molecular weight is 388 g/mol. The van der Waals surface area contributed by atoms with Gasteiger partial charge in [-0.25, -0.2) is 5.43 Å². The van der Waals surface area contributed by atoms with Gasteiger partial charge in [-0.15, -0.1) is 0 Å². The van der Waals surface area contributed by atoms with Crippen LogP contribution in [0.2, 0.25) is 0 Å². The van der Waals surface area contributed by atoms with Crippen LogP contribution >= 0.6 is 15.9 Å². The lowest BCUT2D eigenvalue weighted by Gasteiger charge is -2.06. The highest BCUT2D eigenvalue weighted by Gasteiger charge is 2.06. The van der Waals surface area contributed by atoms with Crippen LogP contribution < -0.4 is 14.9 Å². The zero-order chi connectivity index (χ0) is 17.4. The number of hydrogen-bond donors (Lipinski definition) is 1. The standard InChI is InChI=1S/C17H14BrN3O3/c1-23-15-7-6-14(18)8-13(15)10-20-21-17(22)11-24-16-5-3-2-4-12(16)9-19/h2-8,10H,11H2,1H3,(H,21,22)/b20-10-. The van der Waals surface area contributed by atoms with Gasteiger partial charge in [0.2, 0.25) is 0 Å². The van der Waals surface area contributed by atoms with Crippen LogP contribution in [0.3, 0.4) is 0 Å². The average Bonchev–Trinajstić information content (AvgIpc) is 2.60. The fraction of sp³-hybridized carbons (Fsp3) is 0.118. The summed E-state index contributed by atoms with van der Waals surface area (Å²) in [6.07, 6.45) is 1.48. The molecule has 1 N–H and O–H groups in total. The van der Waals surface area contributed by atoms with E-state index in [0.29, 0.717) is 22.6 Å². The number of hydrogen-bond acceptors (Lipinski definition) is 5. The second-order valence-electron chi connectivity index (χ2n) is 4.58. The van der Waals surface area contributed by atoms with E-state index in [2.05, 4.69) is 26.5 Å². The molecule has 0 aliphatic rings. The molecule has 2 aromatic rings. The summed E-state index contributed by atoms with van der Waals surface area (Å²) < 4.78 is 11.4. The Balaban J connectivity index is 1.92. The molecule has 0 saturated heterocycles. The number of benzene rings is 2. The van der Waals surface area contributed by atoms with E-state index in [9.17, 15) is 4.79 Å². The molecule has 2 aromatic carbocycles. The number of rotatable bonds is 6. The smallest absolute Gasteiger partial charge is 0.277 e. The number of nitrogens with one attached hydrogen (secondary N) is 1. The monoisotopic (exact) mass is 387 g/mol. The Labute approximate surface area is 147 Å². The van der Waals surface area contributed by atoms with Gasteiger partial charge in [0.05, 0.1) is 18.9 Å². The molecule has 0 saturated carbocycles. The Morgan fingerprint density at radius 3 is 2.88 bits per heavy atom. The van der Waals surface area contributed by atoms with Gasteiger partial charge in [0.25, 0.3) is 5.91 Å². The molecular weight excluding hydrogens is 374 g/mol. The van der Waals surface area contributed by atoms with Crippen LogP contribution in [0, 0.1) is 11.3 Å². The van der Waals surface area contributed by atoms with Crippen molar-refractivity contribution in [1.29, 1.82) is 5.26 Å². The van der Waals surface area contributed by atoms with Crippen LogP contribution in [0.4, 0.5) is 0 Å². The lowest BCUT2D eigenvalue weighted by molar-refractivity contribution is -0.123. The number of carbonyl (C=O) groups excluding carboxylic acids is 1. The van der Waals surface area contributed by atoms with E-state index in [4.69, 9.17) is 14.7 Å². The van der Waals surface area contributed by atoms with Gasteiger partial charge in [-0.05, 0) is 30.3 Å². The van der Waals surface area contributed by atoms with Gasteiger partial charge in [0, 0.05) is 10.0 Å². The third-order valence-corrected chi connectivity index (χ3v) is 3.44. The maximum absolute atomic E-state index is 11.8. The summed E-state index contributed by atoms with van der Waals surface area (Å²) in [5, 5.41) is 12.8. The summed E-state index contributed by atoms with van der Waals surface area (Å²) in [7, 11) is 1.56. The third kappa shape index (κ3) is 4.83. The fourth-order valence-corrected chi connectivity index (χ4v) is 2.22. The Morgan fingerprint density at radius 2 is 2.12 bits per heavy atom. The second-order valence-corrected chi connectivity index (χ2v) is 5.49. The normalized spacial score (nSPS) is 10.2. The van der Waals surface area contributed by atoms with Crippen molar-refractivity contribution < 1.29 is 14.3 Å². The molecule has 7 heteroatoms. The molecule has 24 heavy (non-hydrogen) atoms. The van der Waals surface area contributed by atoms with Gasteiger partial charge in [0.15, 0.2) is 6.61 Å². The summed E-state index contributed by atoms with van der Waals surface area (Å²) in [4.78, 5) is 11.8. The topological polar surface area (TPSA) is 83.7 Å². The molecule has 1 amide bonds. The summed E-state index contributed by atoms with van der Waals surface area (Å²) >= 11 is 3.36. The first-order valence-electron chi connectivity index (χ1n) is 6.91. The predicted octanol–water partition coefficient (Wildman–Crippen LogP) is 2.86. The van der Waals surface area contributed by atoms with Crippen molar-refractivity contribution in [1.82, 2.24) is 5.43 Å². The largest absolute Gasteiger partial charge is 0.496 e. The minimum atomic E-state index is -0.437. The fourth-order valence-electron chi connectivity index (χ4n) is 1.84. The Kier molecular flexibility index (Phi) is 6.34. The highest BCUT2D eigenvalue weighted by atomic mass is 79.9. The summed E-state index contributed by atoms with van der Waals surface area (Å²) in [5.74, 6) is 0.552. The van der Waals surface area contributed by atoms with E-state index < -0.39 is 5.91 Å². The molecule has 0 unspecified atom stereocenters. The third-order valence-electron chi connectivity index (χ3n) is 2.95. The highest BCUT2D eigenvalue weighted by molar-refractivity contribution is 9.10. The van der Waals surface area contributed by atoms with Crippen LogP contribution in [0.25, 0.3) is 0 Å². The Morgan fingerprint density at radius 1 is 1.33 bits per heavy atom. The number of ether oxygens (including phenoxy) is 2. The minimum Gasteiger partial charge on any atom is -0.496 e. The number of carbonyl (C=O) groups is 1. The lowest BCUT2D eigenvalue weighted by Crippen LogP contribution is -2.24. The van der Waals surface area contributed by atoms with Crippen molar-refractivity contribution >= 4 is 28.1 Å². The van der Waals surface area contributed by atoms with E-state index in [1.807, 2.05) is 18.2 Å². The van der Waals surface area contributed by atoms with Crippen molar-refractivity contribution in [3.8, 4) is 17.6 Å². The molecule has 0 atom stereocenters. The highest BCUT2D eigenvalue weighted by Crippen LogP contribution is 2.21. The molecule has 0 aliphatic carbocycles. The maximum atomic E-state index is 11.8. The summed E-state index contributed by atoms with van der Waals surface area (Å²) in [5.41, 5.74) is 3.44. The molecule has 0 aliphatic heterocycles. The summed E-state index contributed by atoms with van der Waals surface area (Å²) in [6, 6.07) is 14.1. The number of nitriles is 1. The quantitative estimate of drug-likeness (QED) is 0.609. The van der Waals surface area contributed by atoms with Gasteiger partial charge in [-0.1, -0.05) is 28.1 Å². The van der Waals surface area contributed by atoms with Gasteiger partial charge in [-0.3, -0.25) is 4.79 Å². The van der Waals surface area contributed by atoms with Crippen LogP contribution in [-0.2, 0) is 4.79 Å². The zero-order valence-corrected chi connectivity index (χ0v) is 14.4. The molecule has 0 heterocycles. The van der Waals surface area contributed by atoms with Crippen LogP contribution in [0.5, 0.6) is 11.5 Å². The summed E-state index contributed by atoms with van der Waals surface area (Å²) in [6.45, 7) is -0.244. The molecule has 2 rings (SSSR count). The first kappa shape index (κ1) is 17.5. The number of methoxy groups -OCH3 is 1. The maximum Gasteiger partial charge on any atom is 0.277 e. The van der Waals surface area contributed by atoms with Crippen molar-refractivity contribution in [3.05, 3.63) is 58.1 Å². The van der Waals surface area contributed by atoms with Crippen LogP contribution in [0.15, 0.2) is 52.0 Å². The molecule has 6 nitrogen and oxygen atoms in total. The van der Waals surface area contributed by atoms with E-state index in [1.165, 1.54) is 6.21 Å². The lowest BCUT2D eigenvalue weighted by atomic mass is 10.2. The van der Waals surface area contributed by atoms with Gasteiger partial charge < -0.3 is 9.47 Å². The van der Waals surface area contributed by atoms with Crippen molar-refractivity contribution in [2.24, 2.45) is 5.10 Å². The number of amides is 1. The molecule has 0 fully saturated rings. The SMILES string of the molecule is COc1ccc(Br)cc1/C=N\NC(=O)COc1ccccc1C#N. The zero-order valence-electron chi connectivity index (χ0n) is 12.8. The van der Waals surface area contributed by atoms with Crippen molar-refractivity contribution in [2.75, 3.05) is 13.7 Å². The Bertz CT molecular complexity index is 800. The first-order chi connectivity index (χ1) is 11.6. The van der Waals surface area contributed by atoms with Crippen LogP contribution in [-0.4, -0.2) is 25.8 Å². The van der Waals surface area contributed by atoms with Gasteiger partial charge >= 0.3 is 0 Å². The van der Waals surface area contributed by atoms with E-state index >= 15 is 0 Å². The first-order valence-corrected chi connectivity index (χ1v) is 7.70. The number of para-hydroxylation sites is 1. The molecule has 0 aromatic heterocycles. The minimum absolute atomic E-state index is 0.244. The number of hydrazone groups is 1. The molecule has 122 valence electrons. The number of nitrogens with zero attached hydrogens (tertiary/aromatic N) is 2. The van der Waals surface area contributed by atoms with E-state index in [-0.39, 0.29) is 6.61 Å². The number of halogens is 1. The van der Waals surface area contributed by atoms with E-state index in [1.54, 1.807) is 37.4 Å². The molecular formula is C17H14BrN3O3. The van der Waals surface area contributed by atoms with Crippen molar-refractivity contribution in [3.63, 3.8) is 0 Å². The Hall–Kier alpha value is -2.85. The predicted molar refractivity (Wildman–Crippen MR) is 93.1 cm³/mol.